The Labute approximate surface area is 188 Å². The van der Waals surface area contributed by atoms with Crippen LogP contribution in [0.3, 0.4) is 0 Å². The summed E-state index contributed by atoms with van der Waals surface area (Å²) in [6, 6.07) is 7.88. The summed E-state index contributed by atoms with van der Waals surface area (Å²) in [6.07, 6.45) is 3.89. The molecule has 12 heteroatoms. The van der Waals surface area contributed by atoms with Crippen molar-refractivity contribution in [2.24, 2.45) is 0 Å². The minimum atomic E-state index is -4.80. The highest BCUT2D eigenvalue weighted by Crippen LogP contribution is 2.45. The largest absolute Gasteiger partial charge is 0.527 e. The number of unbranched alkanes of at least 4 members (excludes halogenated alkanes) is 5. The van der Waals surface area contributed by atoms with E-state index in [0.717, 1.165) is 32.1 Å². The van der Waals surface area contributed by atoms with Gasteiger partial charge in [0.25, 0.3) is 0 Å². The van der Waals surface area contributed by atoms with Crippen LogP contribution in [0.25, 0.3) is 0 Å². The van der Waals surface area contributed by atoms with Crippen molar-refractivity contribution < 1.29 is 46.9 Å². The zero-order valence-corrected chi connectivity index (χ0v) is 19.9. The van der Waals surface area contributed by atoms with Gasteiger partial charge in [0.1, 0.15) is 5.75 Å². The monoisotopic (exact) mass is 494 g/mol. The van der Waals surface area contributed by atoms with Gasteiger partial charge < -0.3 is 19.0 Å². The minimum Gasteiger partial charge on any atom is -0.462 e. The predicted molar refractivity (Wildman–Crippen MR) is 118 cm³/mol. The van der Waals surface area contributed by atoms with Crippen molar-refractivity contribution in [2.75, 3.05) is 13.2 Å². The number of carbonyl (C=O) groups excluding carboxylic acids is 1. The Morgan fingerprint density at radius 3 is 2.19 bits per heavy atom. The molecule has 1 aromatic rings. The number of phosphoric ester groups is 2. The van der Waals surface area contributed by atoms with Crippen molar-refractivity contribution in [3.8, 4) is 5.75 Å². The van der Waals surface area contributed by atoms with Crippen LogP contribution in [-0.4, -0.2) is 40.0 Å². The number of rotatable bonds is 17. The van der Waals surface area contributed by atoms with Crippen LogP contribution in [0.2, 0.25) is 0 Å². The van der Waals surface area contributed by atoms with Gasteiger partial charge in [0.05, 0.1) is 19.3 Å². The fourth-order valence-corrected chi connectivity index (χ4v) is 4.00. The molecule has 0 saturated heterocycles. The lowest BCUT2D eigenvalue weighted by Gasteiger charge is -2.20. The topological polar surface area (TPSA) is 149 Å². The van der Waals surface area contributed by atoms with Crippen LogP contribution in [0, 0.1) is 0 Å². The molecule has 0 aliphatic heterocycles. The van der Waals surface area contributed by atoms with Crippen molar-refractivity contribution in [1.82, 2.24) is 0 Å². The number of esters is 1. The number of phosphoric acid groups is 2. The van der Waals surface area contributed by atoms with Gasteiger partial charge in [-0.1, -0.05) is 56.9 Å². The SMILES string of the molecule is C=C(C)C(=O)OCCCCCCCCC(COP(=O)(O)Oc1ccccc1)OP(=O)(O)O. The first-order valence-electron chi connectivity index (χ1n) is 10.3. The van der Waals surface area contributed by atoms with Gasteiger partial charge in [0.15, 0.2) is 0 Å². The first-order valence-corrected chi connectivity index (χ1v) is 13.3. The van der Waals surface area contributed by atoms with Gasteiger partial charge in [-0.25, -0.2) is 13.9 Å². The molecule has 2 atom stereocenters. The Bertz CT molecular complexity index is 793. The van der Waals surface area contributed by atoms with Gasteiger partial charge in [-0.3, -0.25) is 13.9 Å². The van der Waals surface area contributed by atoms with Crippen LogP contribution in [0.5, 0.6) is 5.75 Å². The average Bonchev–Trinajstić information content (AvgIpc) is 2.69. The van der Waals surface area contributed by atoms with Gasteiger partial charge in [-0.15, -0.1) is 0 Å². The Balaban J connectivity index is 2.31. The maximum Gasteiger partial charge on any atom is 0.527 e. The van der Waals surface area contributed by atoms with Gasteiger partial charge in [0.2, 0.25) is 0 Å². The molecule has 10 nitrogen and oxygen atoms in total. The summed E-state index contributed by atoms with van der Waals surface area (Å²) in [5.41, 5.74) is 0.366. The molecule has 0 heterocycles. The van der Waals surface area contributed by atoms with Crippen LogP contribution < -0.4 is 4.52 Å². The third-order valence-electron chi connectivity index (χ3n) is 4.18. The molecule has 0 aromatic heterocycles. The molecule has 0 radical (unpaired) electrons. The molecule has 0 bridgehead atoms. The van der Waals surface area contributed by atoms with Gasteiger partial charge in [-0.05, 0) is 31.9 Å². The van der Waals surface area contributed by atoms with E-state index in [1.807, 2.05) is 0 Å². The summed E-state index contributed by atoms with van der Waals surface area (Å²) in [5, 5.41) is 0. The van der Waals surface area contributed by atoms with E-state index in [4.69, 9.17) is 23.6 Å². The molecule has 0 aliphatic rings. The lowest BCUT2D eigenvalue weighted by molar-refractivity contribution is -0.139. The standard InChI is InChI=1S/C20H32O10P2/c1-17(2)20(21)27-15-11-6-4-3-5-8-14-19(29-31(22,23)24)16-28-32(25,26)30-18-12-9-7-10-13-18/h7,9-10,12-13,19H,1,3-6,8,11,14-16H2,2H3,(H,25,26)(H2,22,23,24). The highest BCUT2D eigenvalue weighted by Gasteiger charge is 2.28. The van der Waals surface area contributed by atoms with E-state index in [2.05, 4.69) is 11.1 Å². The Hall–Kier alpha value is -1.51. The number of hydrogen-bond donors (Lipinski definition) is 3. The first kappa shape index (κ1) is 28.5. The van der Waals surface area contributed by atoms with E-state index in [0.29, 0.717) is 18.6 Å². The van der Waals surface area contributed by atoms with Crippen molar-refractivity contribution in [3.63, 3.8) is 0 Å². The summed E-state index contributed by atoms with van der Waals surface area (Å²) in [5.74, 6) is -0.273. The van der Waals surface area contributed by atoms with Crippen LogP contribution in [0.4, 0.5) is 0 Å². The fourth-order valence-electron chi connectivity index (χ4n) is 2.65. The van der Waals surface area contributed by atoms with Crippen LogP contribution >= 0.6 is 15.6 Å². The molecular formula is C20H32O10P2. The van der Waals surface area contributed by atoms with Crippen molar-refractivity contribution in [3.05, 3.63) is 42.5 Å². The Kier molecular flexibility index (Phi) is 13.0. The molecule has 0 fully saturated rings. The zero-order valence-electron chi connectivity index (χ0n) is 18.1. The molecule has 3 N–H and O–H groups in total. The van der Waals surface area contributed by atoms with E-state index in [-0.39, 0.29) is 12.2 Å². The van der Waals surface area contributed by atoms with Gasteiger partial charge >= 0.3 is 21.6 Å². The Morgan fingerprint density at radius 1 is 1.00 bits per heavy atom. The maximum absolute atomic E-state index is 12.1. The quantitative estimate of drug-likeness (QED) is 0.122. The second-order valence-electron chi connectivity index (χ2n) is 7.21. The third kappa shape index (κ3) is 14.5. The van der Waals surface area contributed by atoms with Crippen molar-refractivity contribution in [1.29, 1.82) is 0 Å². The van der Waals surface area contributed by atoms with E-state index < -0.39 is 34.3 Å². The van der Waals surface area contributed by atoms with Crippen LogP contribution in [-0.2, 0) is 27.7 Å². The number of benzene rings is 1. The number of ether oxygens (including phenoxy) is 1. The van der Waals surface area contributed by atoms with Crippen molar-refractivity contribution >= 4 is 21.6 Å². The predicted octanol–water partition coefficient (Wildman–Crippen LogP) is 4.51. The van der Waals surface area contributed by atoms with Crippen molar-refractivity contribution in [2.45, 2.75) is 58.0 Å². The smallest absolute Gasteiger partial charge is 0.462 e. The second kappa shape index (κ2) is 14.6. The van der Waals surface area contributed by atoms with Crippen LogP contribution in [0.1, 0.15) is 51.9 Å². The van der Waals surface area contributed by atoms with Gasteiger partial charge in [0, 0.05) is 5.57 Å². The average molecular weight is 494 g/mol. The molecule has 1 rings (SSSR count). The maximum atomic E-state index is 12.1. The Morgan fingerprint density at radius 2 is 1.59 bits per heavy atom. The molecule has 0 spiro atoms. The molecule has 0 aliphatic carbocycles. The normalized spacial score (nSPS) is 14.4. The first-order chi connectivity index (χ1) is 15.0. The number of hydrogen-bond acceptors (Lipinski definition) is 7. The zero-order chi connectivity index (χ0) is 24.0. The highest BCUT2D eigenvalue weighted by molar-refractivity contribution is 7.47. The molecular weight excluding hydrogens is 462 g/mol. The third-order valence-corrected chi connectivity index (χ3v) is 5.67. The summed E-state index contributed by atoms with van der Waals surface area (Å²) >= 11 is 0. The summed E-state index contributed by atoms with van der Waals surface area (Å²) in [6.45, 7) is 4.92. The number of carbonyl (C=O) groups is 1. The fraction of sp³-hybridized carbons (Fsp3) is 0.550. The molecule has 1 aromatic carbocycles. The minimum absolute atomic E-state index is 0.125. The highest BCUT2D eigenvalue weighted by atomic mass is 31.2. The summed E-state index contributed by atoms with van der Waals surface area (Å²) < 4.78 is 42.7. The van der Waals surface area contributed by atoms with E-state index in [1.54, 1.807) is 25.1 Å². The molecule has 32 heavy (non-hydrogen) atoms. The molecule has 2 unspecified atom stereocenters. The summed E-state index contributed by atoms with van der Waals surface area (Å²) in [4.78, 5) is 39.2. The second-order valence-corrected chi connectivity index (χ2v) is 9.78. The molecule has 182 valence electrons. The van der Waals surface area contributed by atoms with Gasteiger partial charge in [-0.2, -0.15) is 0 Å². The van der Waals surface area contributed by atoms with E-state index in [1.165, 1.54) is 12.1 Å². The number of para-hydroxylation sites is 1. The van der Waals surface area contributed by atoms with Crippen LogP contribution in [0.15, 0.2) is 42.5 Å². The lowest BCUT2D eigenvalue weighted by atomic mass is 10.1. The van der Waals surface area contributed by atoms with E-state index in [9.17, 15) is 18.8 Å². The lowest BCUT2D eigenvalue weighted by Crippen LogP contribution is -2.19. The summed E-state index contributed by atoms with van der Waals surface area (Å²) in [7, 11) is -9.28. The molecule has 0 saturated carbocycles. The molecule has 0 amide bonds. The van der Waals surface area contributed by atoms with E-state index >= 15 is 0 Å².